The third kappa shape index (κ3) is 8.67. The van der Waals surface area contributed by atoms with Crippen molar-refractivity contribution in [1.29, 1.82) is 0 Å². The largest absolute Gasteiger partial charge is 0.492 e. The van der Waals surface area contributed by atoms with Gasteiger partial charge in [-0.15, -0.1) is 0 Å². The van der Waals surface area contributed by atoms with E-state index < -0.39 is 0 Å². The molecule has 2 aromatic carbocycles. The van der Waals surface area contributed by atoms with Gasteiger partial charge >= 0.3 is 0 Å². The Bertz CT molecular complexity index is 934. The van der Waals surface area contributed by atoms with Crippen LogP contribution in [0.25, 0.3) is 0 Å². The molecule has 2 amide bonds. The van der Waals surface area contributed by atoms with E-state index in [0.717, 1.165) is 12.8 Å². The molecule has 0 aliphatic heterocycles. The summed E-state index contributed by atoms with van der Waals surface area (Å²) in [6.45, 7) is 6.85. The molecule has 0 spiro atoms. The van der Waals surface area contributed by atoms with Crippen LogP contribution in [0.4, 0.5) is 11.4 Å². The number of carbonyl (C=O) groups excluding carboxylic acids is 2. The monoisotopic (exact) mass is 505 g/mol. The molecular weight excluding hydrogens is 478 g/mol. The van der Waals surface area contributed by atoms with E-state index in [0.29, 0.717) is 46.1 Å². The smallest absolute Gasteiger partial charge is 0.257 e. The van der Waals surface area contributed by atoms with Gasteiger partial charge in [0.25, 0.3) is 5.91 Å². The van der Waals surface area contributed by atoms with Crippen LogP contribution in [0.5, 0.6) is 5.75 Å². The zero-order valence-electron chi connectivity index (χ0n) is 18.0. The summed E-state index contributed by atoms with van der Waals surface area (Å²) in [6.07, 6.45) is 2.20. The Morgan fingerprint density at radius 3 is 2.45 bits per heavy atom. The summed E-state index contributed by atoms with van der Waals surface area (Å²) >= 11 is 8.71. The minimum Gasteiger partial charge on any atom is -0.492 e. The van der Waals surface area contributed by atoms with E-state index in [1.807, 2.05) is 6.92 Å². The highest BCUT2D eigenvalue weighted by molar-refractivity contribution is 9.10. The Kier molecular flexibility index (Phi) is 9.94. The van der Waals surface area contributed by atoms with Crippen molar-refractivity contribution in [1.82, 2.24) is 5.32 Å². The average Bonchev–Trinajstić information content (AvgIpc) is 2.69. The molecule has 0 bridgehead atoms. The fourth-order valence-electron chi connectivity index (χ4n) is 2.63. The molecule has 0 radical (unpaired) electrons. The summed E-state index contributed by atoms with van der Waals surface area (Å²) in [7, 11) is 0. The van der Waals surface area contributed by atoms with Crippen LogP contribution in [0, 0.1) is 5.92 Å². The van der Waals surface area contributed by atoms with Crippen LogP contribution in [0.15, 0.2) is 46.9 Å². The van der Waals surface area contributed by atoms with Gasteiger partial charge in [-0.25, -0.2) is 0 Å². The molecule has 0 fully saturated rings. The van der Waals surface area contributed by atoms with Crippen molar-refractivity contribution in [2.75, 3.05) is 17.2 Å². The second-order valence-electron chi connectivity index (χ2n) is 7.46. The lowest BCUT2D eigenvalue weighted by Crippen LogP contribution is -2.34. The molecule has 0 aliphatic carbocycles. The minimum absolute atomic E-state index is 0.0438. The molecule has 31 heavy (non-hydrogen) atoms. The first kappa shape index (κ1) is 24.8. The second-order valence-corrected chi connectivity index (χ2v) is 8.73. The molecule has 2 aromatic rings. The van der Waals surface area contributed by atoms with Crippen LogP contribution in [0.3, 0.4) is 0 Å². The van der Waals surface area contributed by atoms with Gasteiger partial charge in [-0.3, -0.25) is 14.9 Å². The van der Waals surface area contributed by atoms with Gasteiger partial charge in [0.05, 0.1) is 11.1 Å². The van der Waals surface area contributed by atoms with Crippen molar-refractivity contribution in [3.63, 3.8) is 0 Å². The van der Waals surface area contributed by atoms with Crippen LogP contribution in [0.1, 0.15) is 50.4 Å². The van der Waals surface area contributed by atoms with Gasteiger partial charge in [-0.05, 0) is 83.3 Å². The predicted molar refractivity (Wildman–Crippen MR) is 133 cm³/mol. The molecule has 3 N–H and O–H groups in total. The summed E-state index contributed by atoms with van der Waals surface area (Å²) < 4.78 is 6.46. The molecule has 8 heteroatoms. The number of carbonyl (C=O) groups is 2. The quantitative estimate of drug-likeness (QED) is 0.378. The molecule has 2 rings (SSSR count). The van der Waals surface area contributed by atoms with Crippen molar-refractivity contribution in [3.05, 3.63) is 52.5 Å². The zero-order chi connectivity index (χ0) is 22.8. The van der Waals surface area contributed by atoms with E-state index >= 15 is 0 Å². The summed E-state index contributed by atoms with van der Waals surface area (Å²) in [5, 5.41) is 8.62. The van der Waals surface area contributed by atoms with Crippen molar-refractivity contribution in [2.24, 2.45) is 5.92 Å². The number of nitrogens with one attached hydrogen (secondary N) is 3. The first-order valence-electron chi connectivity index (χ1n) is 10.2. The SMILES string of the molecule is CCCC(=O)Nc1cccc(NC(=S)NC(=O)c2ccc(OCCC(C)C)c(Br)c2)c1. The number of benzene rings is 2. The standard InChI is InChI=1S/C23H28BrN3O3S/c1-4-6-21(28)25-17-7-5-8-18(14-17)26-23(31)27-22(29)16-9-10-20(19(24)13-16)30-12-11-15(2)3/h5,7-10,13-15H,4,6,11-12H2,1-3H3,(H,25,28)(H2,26,27,29,31). The van der Waals surface area contributed by atoms with Crippen molar-refractivity contribution in [3.8, 4) is 5.75 Å². The predicted octanol–water partition coefficient (Wildman–Crippen LogP) is 5.74. The van der Waals surface area contributed by atoms with E-state index in [1.165, 1.54) is 0 Å². The zero-order valence-corrected chi connectivity index (χ0v) is 20.4. The molecule has 0 heterocycles. The highest BCUT2D eigenvalue weighted by Gasteiger charge is 2.12. The van der Waals surface area contributed by atoms with E-state index in [-0.39, 0.29) is 16.9 Å². The molecule has 0 aliphatic rings. The lowest BCUT2D eigenvalue weighted by molar-refractivity contribution is -0.116. The lowest BCUT2D eigenvalue weighted by Gasteiger charge is -2.13. The molecule has 0 saturated heterocycles. The number of halogens is 1. The maximum atomic E-state index is 12.5. The van der Waals surface area contributed by atoms with Gasteiger partial charge in [0.15, 0.2) is 5.11 Å². The fourth-order valence-corrected chi connectivity index (χ4v) is 3.33. The molecular formula is C23H28BrN3O3S. The van der Waals surface area contributed by atoms with E-state index in [1.54, 1.807) is 42.5 Å². The third-order valence-corrected chi connectivity index (χ3v) is 5.08. The molecule has 0 atom stereocenters. The summed E-state index contributed by atoms with van der Waals surface area (Å²) in [6, 6.07) is 12.3. The van der Waals surface area contributed by atoms with Crippen LogP contribution in [0.2, 0.25) is 0 Å². The van der Waals surface area contributed by atoms with Crippen LogP contribution < -0.4 is 20.7 Å². The minimum atomic E-state index is -0.334. The first-order valence-corrected chi connectivity index (χ1v) is 11.4. The summed E-state index contributed by atoms with van der Waals surface area (Å²) in [5.74, 6) is 0.877. The molecule has 6 nitrogen and oxygen atoms in total. The molecule has 0 aromatic heterocycles. The van der Waals surface area contributed by atoms with E-state index in [4.69, 9.17) is 17.0 Å². The maximum Gasteiger partial charge on any atom is 0.257 e. The second kappa shape index (κ2) is 12.4. The van der Waals surface area contributed by atoms with Crippen molar-refractivity contribution >= 4 is 56.4 Å². The van der Waals surface area contributed by atoms with Crippen LogP contribution in [-0.2, 0) is 4.79 Å². The normalized spacial score (nSPS) is 10.5. The lowest BCUT2D eigenvalue weighted by atomic mass is 10.1. The van der Waals surface area contributed by atoms with Crippen LogP contribution >= 0.6 is 28.1 Å². The Morgan fingerprint density at radius 2 is 1.81 bits per heavy atom. The van der Waals surface area contributed by atoms with Gasteiger partial charge in [-0.1, -0.05) is 26.8 Å². The van der Waals surface area contributed by atoms with E-state index in [2.05, 4.69) is 45.7 Å². The van der Waals surface area contributed by atoms with Gasteiger partial charge in [0.2, 0.25) is 5.91 Å². The number of anilines is 2. The number of thiocarbonyl (C=S) groups is 1. The van der Waals surface area contributed by atoms with Gasteiger partial charge in [0.1, 0.15) is 5.75 Å². The number of ether oxygens (including phenoxy) is 1. The first-order chi connectivity index (χ1) is 14.8. The highest BCUT2D eigenvalue weighted by Crippen LogP contribution is 2.26. The molecule has 0 saturated carbocycles. The number of rotatable bonds is 9. The molecule has 166 valence electrons. The molecule has 0 unspecified atom stereocenters. The number of hydrogen-bond donors (Lipinski definition) is 3. The van der Waals surface area contributed by atoms with Gasteiger partial charge in [0, 0.05) is 23.4 Å². The maximum absolute atomic E-state index is 12.5. The van der Waals surface area contributed by atoms with Crippen molar-refractivity contribution < 1.29 is 14.3 Å². The number of amides is 2. The van der Waals surface area contributed by atoms with E-state index in [9.17, 15) is 9.59 Å². The summed E-state index contributed by atoms with van der Waals surface area (Å²) in [4.78, 5) is 24.3. The fraction of sp³-hybridized carbons (Fsp3) is 0.348. The van der Waals surface area contributed by atoms with Crippen LogP contribution in [-0.4, -0.2) is 23.5 Å². The Hall–Kier alpha value is -2.45. The number of hydrogen-bond acceptors (Lipinski definition) is 4. The Morgan fingerprint density at radius 1 is 1.10 bits per heavy atom. The van der Waals surface area contributed by atoms with Gasteiger partial charge < -0.3 is 15.4 Å². The third-order valence-electron chi connectivity index (χ3n) is 4.26. The van der Waals surface area contributed by atoms with Crippen molar-refractivity contribution in [2.45, 2.75) is 40.0 Å². The Labute approximate surface area is 197 Å². The summed E-state index contributed by atoms with van der Waals surface area (Å²) in [5.41, 5.74) is 1.78. The highest BCUT2D eigenvalue weighted by atomic mass is 79.9. The van der Waals surface area contributed by atoms with Gasteiger partial charge in [-0.2, -0.15) is 0 Å². The Balaban J connectivity index is 1.93. The average molecular weight is 506 g/mol. The topological polar surface area (TPSA) is 79.5 Å².